The standard InChI is InChI=1S/C15H18N2O4/c1-10(18)16-12-6-7-17(9-12)14(19)8-11-4-2-3-5-13(11)15(20)21/h2-5,12H,6-9H2,1H3,(H,16,18)(H,20,21). The number of carbonyl (C=O) groups is 3. The Kier molecular flexibility index (Phi) is 4.57. The van der Waals surface area contributed by atoms with Crippen LogP contribution in [0.2, 0.25) is 0 Å². The third-order valence-electron chi connectivity index (χ3n) is 3.54. The second-order valence-corrected chi connectivity index (χ2v) is 5.16. The van der Waals surface area contributed by atoms with E-state index < -0.39 is 5.97 Å². The van der Waals surface area contributed by atoms with Crippen molar-refractivity contribution in [1.29, 1.82) is 0 Å². The molecule has 6 nitrogen and oxygen atoms in total. The smallest absolute Gasteiger partial charge is 0.335 e. The van der Waals surface area contributed by atoms with Gasteiger partial charge in [0.25, 0.3) is 0 Å². The van der Waals surface area contributed by atoms with Gasteiger partial charge in [-0.15, -0.1) is 0 Å². The van der Waals surface area contributed by atoms with Gasteiger partial charge in [0.2, 0.25) is 11.8 Å². The van der Waals surface area contributed by atoms with Crippen LogP contribution in [0, 0.1) is 0 Å². The summed E-state index contributed by atoms with van der Waals surface area (Å²) in [5.74, 6) is -1.25. The number of nitrogens with one attached hydrogen (secondary N) is 1. The molecule has 0 aromatic heterocycles. The lowest BCUT2D eigenvalue weighted by molar-refractivity contribution is -0.129. The van der Waals surface area contributed by atoms with Gasteiger partial charge in [0.15, 0.2) is 0 Å². The molecule has 1 fully saturated rings. The number of carbonyl (C=O) groups excluding carboxylic acids is 2. The topological polar surface area (TPSA) is 86.7 Å². The number of hydrogen-bond acceptors (Lipinski definition) is 3. The molecule has 1 unspecified atom stereocenters. The van der Waals surface area contributed by atoms with E-state index in [4.69, 9.17) is 5.11 Å². The number of aromatic carboxylic acids is 1. The van der Waals surface area contributed by atoms with Crippen LogP contribution in [-0.4, -0.2) is 46.9 Å². The molecule has 0 bridgehead atoms. The van der Waals surface area contributed by atoms with Gasteiger partial charge in [0, 0.05) is 26.1 Å². The molecule has 0 radical (unpaired) electrons. The maximum absolute atomic E-state index is 12.2. The third-order valence-corrected chi connectivity index (χ3v) is 3.54. The third kappa shape index (κ3) is 3.81. The number of nitrogens with zero attached hydrogens (tertiary/aromatic N) is 1. The highest BCUT2D eigenvalue weighted by Crippen LogP contribution is 2.14. The van der Waals surface area contributed by atoms with E-state index in [9.17, 15) is 14.4 Å². The van der Waals surface area contributed by atoms with Gasteiger partial charge in [0.05, 0.1) is 12.0 Å². The lowest BCUT2D eigenvalue weighted by atomic mass is 10.0. The minimum atomic E-state index is -1.03. The first-order chi connectivity index (χ1) is 9.97. The highest BCUT2D eigenvalue weighted by atomic mass is 16.4. The van der Waals surface area contributed by atoms with Crippen LogP contribution in [0.4, 0.5) is 0 Å². The van der Waals surface area contributed by atoms with Crippen LogP contribution in [0.25, 0.3) is 0 Å². The average molecular weight is 290 g/mol. The van der Waals surface area contributed by atoms with Crippen LogP contribution in [-0.2, 0) is 16.0 Å². The van der Waals surface area contributed by atoms with Crippen molar-refractivity contribution in [2.75, 3.05) is 13.1 Å². The second-order valence-electron chi connectivity index (χ2n) is 5.16. The fraction of sp³-hybridized carbons (Fsp3) is 0.400. The van der Waals surface area contributed by atoms with Gasteiger partial charge >= 0.3 is 5.97 Å². The van der Waals surface area contributed by atoms with E-state index in [0.29, 0.717) is 18.7 Å². The molecule has 1 aromatic carbocycles. The Morgan fingerprint density at radius 2 is 2.05 bits per heavy atom. The Morgan fingerprint density at radius 3 is 2.71 bits per heavy atom. The zero-order valence-electron chi connectivity index (χ0n) is 11.8. The number of rotatable bonds is 4. The normalized spacial score (nSPS) is 17.6. The quantitative estimate of drug-likeness (QED) is 0.853. The maximum atomic E-state index is 12.2. The predicted octanol–water partition coefficient (Wildman–Crippen LogP) is 0.664. The first kappa shape index (κ1) is 15.0. The van der Waals surface area contributed by atoms with Crippen LogP contribution >= 0.6 is 0 Å². The summed E-state index contributed by atoms with van der Waals surface area (Å²) in [6.45, 7) is 2.51. The van der Waals surface area contributed by atoms with Crippen LogP contribution in [0.3, 0.4) is 0 Å². The van der Waals surface area contributed by atoms with Crippen LogP contribution < -0.4 is 5.32 Å². The van der Waals surface area contributed by atoms with E-state index >= 15 is 0 Å². The summed E-state index contributed by atoms with van der Waals surface area (Å²) in [6.07, 6.45) is 0.793. The van der Waals surface area contributed by atoms with Crippen molar-refractivity contribution in [3.8, 4) is 0 Å². The van der Waals surface area contributed by atoms with Crippen molar-refractivity contribution in [3.05, 3.63) is 35.4 Å². The maximum Gasteiger partial charge on any atom is 0.335 e. The zero-order valence-corrected chi connectivity index (χ0v) is 11.8. The summed E-state index contributed by atoms with van der Waals surface area (Å²) in [5.41, 5.74) is 0.668. The monoisotopic (exact) mass is 290 g/mol. The van der Waals surface area contributed by atoms with Crippen LogP contribution in [0.5, 0.6) is 0 Å². The molecule has 1 aliphatic heterocycles. The Balaban J connectivity index is 2.00. The summed E-state index contributed by atoms with van der Waals surface area (Å²) >= 11 is 0. The highest BCUT2D eigenvalue weighted by Gasteiger charge is 2.27. The number of likely N-dealkylation sites (tertiary alicyclic amines) is 1. The summed E-state index contributed by atoms with van der Waals surface area (Å²) < 4.78 is 0. The summed E-state index contributed by atoms with van der Waals surface area (Å²) in [4.78, 5) is 36.0. The molecule has 6 heteroatoms. The number of carboxylic acids is 1. The molecule has 2 amide bonds. The zero-order chi connectivity index (χ0) is 15.4. The first-order valence-corrected chi connectivity index (χ1v) is 6.83. The molecule has 1 aliphatic rings. The Hall–Kier alpha value is -2.37. The number of amides is 2. The molecule has 1 atom stereocenters. The van der Waals surface area contributed by atoms with Gasteiger partial charge in [-0.25, -0.2) is 4.79 Å². The molecule has 0 saturated carbocycles. The minimum Gasteiger partial charge on any atom is -0.478 e. The van der Waals surface area contributed by atoms with Crippen molar-refractivity contribution >= 4 is 17.8 Å². The first-order valence-electron chi connectivity index (χ1n) is 6.83. The molecule has 1 saturated heterocycles. The number of hydrogen-bond donors (Lipinski definition) is 2. The number of carboxylic acid groups (broad SMARTS) is 1. The van der Waals surface area contributed by atoms with Crippen molar-refractivity contribution in [2.24, 2.45) is 0 Å². The van der Waals surface area contributed by atoms with E-state index in [2.05, 4.69) is 5.32 Å². The molecular formula is C15H18N2O4. The average Bonchev–Trinajstić information content (AvgIpc) is 2.86. The Morgan fingerprint density at radius 1 is 1.33 bits per heavy atom. The molecule has 21 heavy (non-hydrogen) atoms. The van der Waals surface area contributed by atoms with Crippen LogP contribution in [0.15, 0.2) is 24.3 Å². The highest BCUT2D eigenvalue weighted by molar-refractivity contribution is 5.91. The largest absolute Gasteiger partial charge is 0.478 e. The lowest BCUT2D eigenvalue weighted by Crippen LogP contribution is -2.37. The fourth-order valence-corrected chi connectivity index (χ4v) is 2.55. The van der Waals surface area contributed by atoms with E-state index in [0.717, 1.165) is 6.42 Å². The van der Waals surface area contributed by atoms with Gasteiger partial charge in [-0.3, -0.25) is 9.59 Å². The second kappa shape index (κ2) is 6.39. The molecule has 0 aliphatic carbocycles. The molecule has 112 valence electrons. The van der Waals surface area contributed by atoms with Gasteiger partial charge in [-0.1, -0.05) is 18.2 Å². The SMILES string of the molecule is CC(=O)NC1CCN(C(=O)Cc2ccccc2C(=O)O)C1. The number of benzene rings is 1. The van der Waals surface area contributed by atoms with Gasteiger partial charge in [-0.05, 0) is 18.1 Å². The van der Waals surface area contributed by atoms with Crippen molar-refractivity contribution < 1.29 is 19.5 Å². The van der Waals surface area contributed by atoms with E-state index in [1.54, 1.807) is 23.1 Å². The van der Waals surface area contributed by atoms with E-state index in [1.807, 2.05) is 0 Å². The minimum absolute atomic E-state index is 0.0128. The van der Waals surface area contributed by atoms with Gasteiger partial charge in [0.1, 0.15) is 0 Å². The van der Waals surface area contributed by atoms with E-state index in [1.165, 1.54) is 13.0 Å². The summed E-state index contributed by atoms with van der Waals surface area (Å²) in [7, 11) is 0. The summed E-state index contributed by atoms with van der Waals surface area (Å²) in [6, 6.07) is 6.50. The van der Waals surface area contributed by atoms with E-state index in [-0.39, 0.29) is 29.8 Å². The summed E-state index contributed by atoms with van der Waals surface area (Å²) in [5, 5.41) is 11.9. The molecule has 2 rings (SSSR count). The van der Waals surface area contributed by atoms with Crippen molar-refractivity contribution in [1.82, 2.24) is 10.2 Å². The predicted molar refractivity (Wildman–Crippen MR) is 75.9 cm³/mol. The van der Waals surface area contributed by atoms with Crippen molar-refractivity contribution in [2.45, 2.75) is 25.8 Å². The van der Waals surface area contributed by atoms with Gasteiger partial charge in [-0.2, -0.15) is 0 Å². The molecular weight excluding hydrogens is 272 g/mol. The fourth-order valence-electron chi connectivity index (χ4n) is 2.55. The Bertz CT molecular complexity index is 571. The lowest BCUT2D eigenvalue weighted by Gasteiger charge is -2.17. The molecule has 0 spiro atoms. The van der Waals surface area contributed by atoms with Crippen LogP contribution in [0.1, 0.15) is 29.3 Å². The van der Waals surface area contributed by atoms with Gasteiger partial charge < -0.3 is 15.3 Å². The Labute approximate surface area is 122 Å². The molecule has 1 heterocycles. The molecule has 1 aromatic rings. The van der Waals surface area contributed by atoms with Crippen molar-refractivity contribution in [3.63, 3.8) is 0 Å². The molecule has 2 N–H and O–H groups in total.